The smallest absolute Gasteiger partial charge is 0.212 e. The van der Waals surface area contributed by atoms with Crippen LogP contribution in [0.15, 0.2) is 34.4 Å². The van der Waals surface area contributed by atoms with Crippen molar-refractivity contribution in [1.29, 1.82) is 0 Å². The highest BCUT2D eigenvalue weighted by molar-refractivity contribution is 6.00. The molecule has 92 valence electrons. The Morgan fingerprint density at radius 2 is 1.35 bits per heavy atom. The maximum atomic E-state index is 11.9. The minimum Gasteiger partial charge on any atom is -0.467 e. The van der Waals surface area contributed by atoms with Gasteiger partial charge in [0, 0.05) is 5.70 Å². The summed E-state index contributed by atoms with van der Waals surface area (Å²) in [5.41, 5.74) is 34.0. The van der Waals surface area contributed by atoms with Crippen LogP contribution in [0.2, 0.25) is 0 Å². The zero-order valence-corrected chi connectivity index (χ0v) is 8.94. The van der Waals surface area contributed by atoms with Gasteiger partial charge in [-0.1, -0.05) is 0 Å². The molecule has 2 rings (SSSR count). The highest BCUT2D eigenvalue weighted by Crippen LogP contribution is 2.33. The predicted molar refractivity (Wildman–Crippen MR) is 59.6 cm³/mol. The number of fused-ring (bicyclic) bond motifs is 1. The summed E-state index contributed by atoms with van der Waals surface area (Å²) in [7, 11) is 0. The van der Waals surface area contributed by atoms with Gasteiger partial charge in [-0.25, -0.2) is 0 Å². The van der Waals surface area contributed by atoms with Crippen molar-refractivity contribution in [2.45, 2.75) is 6.10 Å². The van der Waals surface area contributed by atoms with Gasteiger partial charge in [0.05, 0.1) is 17.1 Å². The van der Waals surface area contributed by atoms with Gasteiger partial charge in [0.15, 0.2) is 11.9 Å². The van der Waals surface area contributed by atoms with Gasteiger partial charge in [-0.2, -0.15) is 0 Å². The first-order valence-electron chi connectivity index (χ1n) is 4.83. The molecule has 2 aliphatic rings. The largest absolute Gasteiger partial charge is 0.467 e. The second kappa shape index (κ2) is 3.24. The van der Waals surface area contributed by atoms with Gasteiger partial charge in [-0.3, -0.25) is 4.79 Å². The molecule has 1 heterocycles. The van der Waals surface area contributed by atoms with Gasteiger partial charge >= 0.3 is 0 Å². The fourth-order valence-corrected chi connectivity index (χ4v) is 1.87. The van der Waals surface area contributed by atoms with Crippen LogP contribution in [-0.2, 0) is 9.53 Å². The monoisotopic (exact) mass is 238 g/mol. The van der Waals surface area contributed by atoms with E-state index in [1.54, 1.807) is 0 Å². The number of ether oxygens (including phenoxy) is 1. The third-order valence-corrected chi connectivity index (χ3v) is 2.92. The maximum absolute atomic E-state index is 11.9. The van der Waals surface area contributed by atoms with Gasteiger partial charge in [0.25, 0.3) is 0 Å². The van der Waals surface area contributed by atoms with Crippen LogP contribution in [0.4, 0.5) is 0 Å². The van der Waals surface area contributed by atoms with Crippen LogP contribution >= 0.6 is 0 Å². The third-order valence-electron chi connectivity index (χ3n) is 2.92. The summed E-state index contributed by atoms with van der Waals surface area (Å²) in [6.07, 6.45) is -0.845. The van der Waals surface area contributed by atoms with Crippen molar-refractivity contribution in [3.8, 4) is 0 Å². The Bertz CT molecular complexity index is 504. The van der Waals surface area contributed by atoms with Crippen molar-refractivity contribution in [2.24, 2.45) is 40.3 Å². The molecule has 8 nitrogen and oxygen atoms in total. The van der Waals surface area contributed by atoms with E-state index in [-0.39, 0.29) is 34.4 Å². The molecule has 1 aliphatic heterocycles. The first-order chi connectivity index (χ1) is 7.86. The summed E-state index contributed by atoms with van der Waals surface area (Å²) >= 11 is 0. The number of rotatable bonds is 0. The second-order valence-corrected chi connectivity index (χ2v) is 3.90. The average molecular weight is 238 g/mol. The van der Waals surface area contributed by atoms with Gasteiger partial charge in [0.1, 0.15) is 11.6 Å². The fraction of sp³-hybridized carbons (Fsp3) is 0.222. The molecule has 0 saturated heterocycles. The van der Waals surface area contributed by atoms with Gasteiger partial charge < -0.3 is 39.1 Å². The minimum absolute atomic E-state index is 0.0778. The minimum atomic E-state index is -0.866. The third kappa shape index (κ3) is 1.27. The van der Waals surface area contributed by atoms with E-state index in [0.29, 0.717) is 0 Å². The Kier molecular flexibility index (Phi) is 2.09. The van der Waals surface area contributed by atoms with Crippen molar-refractivity contribution >= 4 is 5.78 Å². The van der Waals surface area contributed by atoms with Crippen LogP contribution in [0, 0.1) is 5.92 Å². The molecule has 0 aromatic carbocycles. The molecular weight excluding hydrogens is 224 g/mol. The van der Waals surface area contributed by atoms with E-state index in [1.165, 1.54) is 0 Å². The van der Waals surface area contributed by atoms with Crippen LogP contribution < -0.4 is 34.4 Å². The van der Waals surface area contributed by atoms with Crippen molar-refractivity contribution in [2.75, 3.05) is 0 Å². The van der Waals surface area contributed by atoms with Crippen LogP contribution in [0.5, 0.6) is 0 Å². The highest BCUT2D eigenvalue weighted by Gasteiger charge is 2.44. The number of hydrogen-bond acceptors (Lipinski definition) is 8. The van der Waals surface area contributed by atoms with Crippen LogP contribution in [0.1, 0.15) is 0 Å². The summed E-state index contributed by atoms with van der Waals surface area (Å²) in [6, 6.07) is 0. The lowest BCUT2D eigenvalue weighted by Crippen LogP contribution is -2.50. The molecular formula is C9H14N6O2. The number of hydrogen-bond donors (Lipinski definition) is 6. The molecule has 17 heavy (non-hydrogen) atoms. The summed E-state index contributed by atoms with van der Waals surface area (Å²) in [5.74, 6) is -1.51. The molecule has 2 atom stereocenters. The number of allylic oxidation sites excluding steroid dienone is 1. The van der Waals surface area contributed by atoms with E-state index in [9.17, 15) is 4.79 Å². The van der Waals surface area contributed by atoms with Gasteiger partial charge in [-0.05, 0) is 0 Å². The summed E-state index contributed by atoms with van der Waals surface area (Å²) in [5, 5.41) is 0. The fourth-order valence-electron chi connectivity index (χ4n) is 1.87. The topological polar surface area (TPSA) is 182 Å². The SMILES string of the molecule is NC1=C(N)C(=O)C2C(N)=C(N)C(N)=C(N)C2O1. The van der Waals surface area contributed by atoms with Gasteiger partial charge in [0.2, 0.25) is 5.88 Å². The van der Waals surface area contributed by atoms with Crippen molar-refractivity contribution in [3.05, 3.63) is 34.4 Å². The van der Waals surface area contributed by atoms with Gasteiger partial charge in [-0.15, -0.1) is 0 Å². The molecule has 0 aromatic heterocycles. The Morgan fingerprint density at radius 3 is 1.94 bits per heavy atom. The Hall–Kier alpha value is -2.51. The van der Waals surface area contributed by atoms with E-state index in [1.807, 2.05) is 0 Å². The molecule has 0 spiro atoms. The molecule has 2 unspecified atom stereocenters. The van der Waals surface area contributed by atoms with Crippen molar-refractivity contribution < 1.29 is 9.53 Å². The zero-order chi connectivity index (χ0) is 12.9. The van der Waals surface area contributed by atoms with Crippen molar-refractivity contribution in [3.63, 3.8) is 0 Å². The Balaban J connectivity index is 2.60. The summed E-state index contributed by atoms with van der Waals surface area (Å²) in [6.45, 7) is 0. The normalized spacial score (nSPS) is 29.3. The average Bonchev–Trinajstić information content (AvgIpc) is 2.30. The standard InChI is InChI=1S/C9H14N6O2/c10-2-1-7(16)6(14)9(15)17-8(1)5(13)4(12)3(2)11/h1,8H,10-15H2. The molecule has 0 radical (unpaired) electrons. The molecule has 0 fully saturated rings. The second-order valence-electron chi connectivity index (χ2n) is 3.90. The van der Waals surface area contributed by atoms with E-state index in [0.717, 1.165) is 0 Å². The molecule has 0 bridgehead atoms. The molecule has 12 N–H and O–H groups in total. The highest BCUT2D eigenvalue weighted by atomic mass is 16.5. The number of Topliss-reactive ketones (excluding diaryl/α,β-unsaturated/α-hetero) is 1. The number of carbonyl (C=O) groups is 1. The number of carbonyl (C=O) groups excluding carboxylic acids is 1. The summed E-state index contributed by atoms with van der Waals surface area (Å²) < 4.78 is 5.25. The quantitative estimate of drug-likeness (QED) is 0.257. The molecule has 0 saturated carbocycles. The van der Waals surface area contributed by atoms with Crippen LogP contribution in [0.25, 0.3) is 0 Å². The summed E-state index contributed by atoms with van der Waals surface area (Å²) in [4.78, 5) is 11.9. The lowest BCUT2D eigenvalue weighted by molar-refractivity contribution is -0.123. The predicted octanol–water partition coefficient (Wildman–Crippen LogP) is -3.07. The molecule has 1 aliphatic carbocycles. The number of nitrogens with two attached hydrogens (primary N) is 6. The zero-order valence-electron chi connectivity index (χ0n) is 8.94. The maximum Gasteiger partial charge on any atom is 0.212 e. The molecule has 0 aromatic rings. The number of ketones is 1. The lowest BCUT2D eigenvalue weighted by Gasteiger charge is -2.36. The van der Waals surface area contributed by atoms with E-state index in [2.05, 4.69) is 0 Å². The van der Waals surface area contributed by atoms with E-state index in [4.69, 9.17) is 39.1 Å². The van der Waals surface area contributed by atoms with Crippen LogP contribution in [-0.4, -0.2) is 11.9 Å². The first-order valence-corrected chi connectivity index (χ1v) is 4.83. The van der Waals surface area contributed by atoms with E-state index >= 15 is 0 Å². The van der Waals surface area contributed by atoms with E-state index < -0.39 is 17.8 Å². The Morgan fingerprint density at radius 1 is 0.824 bits per heavy atom. The molecule has 0 amide bonds. The van der Waals surface area contributed by atoms with Crippen molar-refractivity contribution in [1.82, 2.24) is 0 Å². The first kappa shape index (κ1) is 11.0. The van der Waals surface area contributed by atoms with Crippen LogP contribution in [0.3, 0.4) is 0 Å². The Labute approximate surface area is 96.9 Å². The molecule has 8 heteroatoms. The lowest BCUT2D eigenvalue weighted by atomic mass is 9.83.